The SMILES string of the molecule is CCC1OCCC1C(=O)C(C#N)c1ccc(F)cc1F. The number of hydrogen-bond donors (Lipinski definition) is 0. The van der Waals surface area contributed by atoms with E-state index in [1.807, 2.05) is 13.0 Å². The normalized spacial score (nSPS) is 23.3. The molecule has 20 heavy (non-hydrogen) atoms. The van der Waals surface area contributed by atoms with Crippen molar-refractivity contribution in [3.8, 4) is 6.07 Å². The van der Waals surface area contributed by atoms with Crippen molar-refractivity contribution >= 4 is 5.78 Å². The number of Topliss-reactive ketones (excluding diaryl/α,β-unsaturated/α-hetero) is 1. The molecule has 1 aliphatic rings. The average Bonchev–Trinajstić information content (AvgIpc) is 2.90. The van der Waals surface area contributed by atoms with Crippen LogP contribution in [0.3, 0.4) is 0 Å². The van der Waals surface area contributed by atoms with Crippen LogP contribution in [0.2, 0.25) is 0 Å². The molecule has 1 heterocycles. The van der Waals surface area contributed by atoms with Gasteiger partial charge in [0.1, 0.15) is 17.6 Å². The van der Waals surface area contributed by atoms with Crippen LogP contribution >= 0.6 is 0 Å². The zero-order valence-electron chi connectivity index (χ0n) is 11.1. The number of carbonyl (C=O) groups is 1. The molecule has 0 spiro atoms. The molecule has 0 saturated carbocycles. The number of rotatable bonds is 4. The maximum atomic E-state index is 13.7. The Balaban J connectivity index is 2.28. The first kappa shape index (κ1) is 14.6. The Morgan fingerprint density at radius 3 is 2.90 bits per heavy atom. The molecule has 3 unspecified atom stereocenters. The maximum Gasteiger partial charge on any atom is 0.160 e. The number of ketones is 1. The summed E-state index contributed by atoms with van der Waals surface area (Å²) in [6.45, 7) is 2.37. The predicted octanol–water partition coefficient (Wildman–Crippen LogP) is 2.96. The van der Waals surface area contributed by atoms with Crippen molar-refractivity contribution in [2.45, 2.75) is 31.8 Å². The van der Waals surface area contributed by atoms with E-state index in [-0.39, 0.29) is 17.5 Å². The minimum absolute atomic E-state index is 0.0688. The molecule has 0 aromatic heterocycles. The average molecular weight is 279 g/mol. The first-order valence-corrected chi connectivity index (χ1v) is 6.58. The largest absolute Gasteiger partial charge is 0.377 e. The number of benzene rings is 1. The number of ether oxygens (including phenoxy) is 1. The summed E-state index contributed by atoms with van der Waals surface area (Å²) in [5, 5.41) is 9.19. The molecule has 106 valence electrons. The fourth-order valence-electron chi connectivity index (χ4n) is 2.61. The van der Waals surface area contributed by atoms with Crippen LogP contribution in [0.5, 0.6) is 0 Å². The molecule has 3 nitrogen and oxygen atoms in total. The van der Waals surface area contributed by atoms with Gasteiger partial charge in [-0.15, -0.1) is 0 Å². The fourth-order valence-corrected chi connectivity index (χ4v) is 2.61. The number of hydrogen-bond acceptors (Lipinski definition) is 3. The summed E-state index contributed by atoms with van der Waals surface area (Å²) < 4.78 is 32.1. The second kappa shape index (κ2) is 6.10. The molecule has 3 atom stereocenters. The van der Waals surface area contributed by atoms with Crippen molar-refractivity contribution in [1.82, 2.24) is 0 Å². The van der Waals surface area contributed by atoms with Crippen molar-refractivity contribution < 1.29 is 18.3 Å². The lowest BCUT2D eigenvalue weighted by atomic mass is 9.84. The number of halogens is 2. The summed E-state index contributed by atoms with van der Waals surface area (Å²) in [6, 6.07) is 4.74. The van der Waals surface area contributed by atoms with Gasteiger partial charge in [0.05, 0.1) is 12.2 Å². The van der Waals surface area contributed by atoms with Crippen LogP contribution < -0.4 is 0 Å². The Hall–Kier alpha value is -1.80. The van der Waals surface area contributed by atoms with Crippen molar-refractivity contribution in [2.24, 2.45) is 5.92 Å². The molecular weight excluding hydrogens is 264 g/mol. The van der Waals surface area contributed by atoms with E-state index >= 15 is 0 Å². The van der Waals surface area contributed by atoms with Gasteiger partial charge in [0.15, 0.2) is 5.78 Å². The van der Waals surface area contributed by atoms with Crippen molar-refractivity contribution in [3.63, 3.8) is 0 Å². The first-order chi connectivity index (χ1) is 9.58. The van der Waals surface area contributed by atoms with Crippen LogP contribution in [-0.2, 0) is 9.53 Å². The van der Waals surface area contributed by atoms with E-state index in [0.717, 1.165) is 12.1 Å². The van der Waals surface area contributed by atoms with Gasteiger partial charge in [-0.1, -0.05) is 13.0 Å². The second-order valence-electron chi connectivity index (χ2n) is 4.84. The Kier molecular flexibility index (Phi) is 4.46. The molecule has 0 N–H and O–H groups in total. The van der Waals surface area contributed by atoms with Gasteiger partial charge < -0.3 is 4.74 Å². The minimum atomic E-state index is -1.21. The highest BCUT2D eigenvalue weighted by Gasteiger charge is 2.38. The Morgan fingerprint density at radius 2 is 2.30 bits per heavy atom. The fraction of sp³-hybridized carbons (Fsp3) is 0.467. The monoisotopic (exact) mass is 279 g/mol. The smallest absolute Gasteiger partial charge is 0.160 e. The van der Waals surface area contributed by atoms with E-state index in [1.165, 1.54) is 0 Å². The number of carbonyl (C=O) groups excluding carboxylic acids is 1. The van der Waals surface area contributed by atoms with Gasteiger partial charge in [-0.2, -0.15) is 5.26 Å². The van der Waals surface area contributed by atoms with Gasteiger partial charge >= 0.3 is 0 Å². The van der Waals surface area contributed by atoms with E-state index in [9.17, 15) is 18.8 Å². The molecule has 2 rings (SSSR count). The third-order valence-corrected chi connectivity index (χ3v) is 3.66. The summed E-state index contributed by atoms with van der Waals surface area (Å²) in [6.07, 6.45) is 0.987. The zero-order valence-corrected chi connectivity index (χ0v) is 11.1. The Morgan fingerprint density at radius 1 is 1.55 bits per heavy atom. The third-order valence-electron chi connectivity index (χ3n) is 3.66. The van der Waals surface area contributed by atoms with Crippen molar-refractivity contribution in [2.75, 3.05) is 6.61 Å². The quantitative estimate of drug-likeness (QED) is 0.851. The van der Waals surface area contributed by atoms with Crippen LogP contribution in [0.4, 0.5) is 8.78 Å². The first-order valence-electron chi connectivity index (χ1n) is 6.58. The van der Waals surface area contributed by atoms with Crippen molar-refractivity contribution in [1.29, 1.82) is 5.26 Å². The van der Waals surface area contributed by atoms with Crippen molar-refractivity contribution in [3.05, 3.63) is 35.4 Å². The summed E-state index contributed by atoms with van der Waals surface area (Å²) in [4.78, 5) is 12.4. The summed E-state index contributed by atoms with van der Waals surface area (Å²) >= 11 is 0. The van der Waals surface area contributed by atoms with E-state index in [2.05, 4.69) is 0 Å². The molecule has 1 aliphatic heterocycles. The third kappa shape index (κ3) is 2.70. The summed E-state index contributed by atoms with van der Waals surface area (Å²) in [5.74, 6) is -3.55. The molecule has 1 fully saturated rings. The highest BCUT2D eigenvalue weighted by Crippen LogP contribution is 2.31. The van der Waals surface area contributed by atoms with Crippen LogP contribution in [0.1, 0.15) is 31.2 Å². The molecule has 1 saturated heterocycles. The topological polar surface area (TPSA) is 50.1 Å². The second-order valence-corrected chi connectivity index (χ2v) is 4.84. The molecule has 0 aliphatic carbocycles. The molecule has 0 bridgehead atoms. The van der Waals surface area contributed by atoms with Crippen LogP contribution in [-0.4, -0.2) is 18.5 Å². The Labute approximate surface area is 116 Å². The zero-order chi connectivity index (χ0) is 14.7. The van der Waals surface area contributed by atoms with Gasteiger partial charge in [-0.25, -0.2) is 8.78 Å². The van der Waals surface area contributed by atoms with E-state index in [0.29, 0.717) is 25.5 Å². The van der Waals surface area contributed by atoms with Crippen LogP contribution in [0.15, 0.2) is 18.2 Å². The molecular formula is C15H15F2NO2. The Bertz CT molecular complexity index is 553. The van der Waals surface area contributed by atoms with Gasteiger partial charge in [0.2, 0.25) is 0 Å². The molecule has 1 aromatic carbocycles. The van der Waals surface area contributed by atoms with Gasteiger partial charge in [-0.3, -0.25) is 4.79 Å². The molecule has 0 radical (unpaired) electrons. The highest BCUT2D eigenvalue weighted by atomic mass is 19.1. The van der Waals surface area contributed by atoms with Crippen LogP contribution in [0, 0.1) is 28.9 Å². The van der Waals surface area contributed by atoms with Gasteiger partial charge in [0.25, 0.3) is 0 Å². The lowest BCUT2D eigenvalue weighted by Crippen LogP contribution is -2.28. The number of nitrogens with zero attached hydrogens (tertiary/aromatic N) is 1. The lowest BCUT2D eigenvalue weighted by Gasteiger charge is -2.18. The lowest BCUT2D eigenvalue weighted by molar-refractivity contribution is -0.124. The molecule has 1 aromatic rings. The molecule has 5 heteroatoms. The van der Waals surface area contributed by atoms with Gasteiger partial charge in [-0.05, 0) is 18.9 Å². The summed E-state index contributed by atoms with van der Waals surface area (Å²) in [7, 11) is 0. The van der Waals surface area contributed by atoms with E-state index in [4.69, 9.17) is 4.74 Å². The predicted molar refractivity (Wildman–Crippen MR) is 67.9 cm³/mol. The maximum absolute atomic E-state index is 13.7. The van der Waals surface area contributed by atoms with Crippen LogP contribution in [0.25, 0.3) is 0 Å². The van der Waals surface area contributed by atoms with E-state index < -0.39 is 23.5 Å². The minimum Gasteiger partial charge on any atom is -0.377 e. The van der Waals surface area contributed by atoms with Gasteiger partial charge in [0, 0.05) is 24.2 Å². The van der Waals surface area contributed by atoms with E-state index in [1.54, 1.807) is 0 Å². The standard InChI is InChI=1S/C15H15F2NO2/c1-2-14-11(5-6-20-14)15(19)12(8-18)10-4-3-9(16)7-13(10)17/h3-4,7,11-12,14H,2,5-6H2,1H3. The number of nitriles is 1. The molecule has 0 amide bonds. The summed E-state index contributed by atoms with van der Waals surface area (Å²) in [5.41, 5.74) is -0.0688. The highest BCUT2D eigenvalue weighted by molar-refractivity contribution is 5.91.